The van der Waals surface area contributed by atoms with Crippen LogP contribution in [0.2, 0.25) is 0 Å². The maximum absolute atomic E-state index is 13.0. The molecule has 0 aromatic heterocycles. The lowest BCUT2D eigenvalue weighted by Crippen LogP contribution is -2.55. The zero-order chi connectivity index (χ0) is 18.7. The van der Waals surface area contributed by atoms with Crippen molar-refractivity contribution in [3.8, 4) is 0 Å². The van der Waals surface area contributed by atoms with Gasteiger partial charge in [0.15, 0.2) is 0 Å². The first-order valence-electron chi connectivity index (χ1n) is 9.86. The van der Waals surface area contributed by atoms with Crippen LogP contribution in [0.25, 0.3) is 0 Å². The number of nitrogens with zero attached hydrogens (tertiary/aromatic N) is 1. The minimum absolute atomic E-state index is 0.0166. The molecule has 0 saturated heterocycles. The average molecular weight is 357 g/mol. The van der Waals surface area contributed by atoms with Crippen LogP contribution in [0.1, 0.15) is 57.1 Å². The highest BCUT2D eigenvalue weighted by Gasteiger charge is 2.35. The van der Waals surface area contributed by atoms with Gasteiger partial charge in [0.05, 0.1) is 0 Å². The molecule has 5 heteroatoms. The Kier molecular flexibility index (Phi) is 5.97. The van der Waals surface area contributed by atoms with Crippen molar-refractivity contribution in [1.29, 1.82) is 0 Å². The standard InChI is InChI=1S/C21H31N3O2/c1-14(2)11-20(25)24-13-16-6-4-3-5-15(16)12-19(24)21(26)23-18-9-7-17(22)8-10-18/h3-6,14,17-19H,7-13,22H2,1-2H3,(H,23,26). The Bertz CT molecular complexity index is 650. The van der Waals surface area contributed by atoms with Gasteiger partial charge >= 0.3 is 0 Å². The molecular weight excluding hydrogens is 326 g/mol. The molecule has 1 aliphatic heterocycles. The van der Waals surface area contributed by atoms with Crippen LogP contribution in [0, 0.1) is 5.92 Å². The van der Waals surface area contributed by atoms with Gasteiger partial charge in [0.2, 0.25) is 11.8 Å². The monoisotopic (exact) mass is 357 g/mol. The third-order valence-corrected chi connectivity index (χ3v) is 5.57. The van der Waals surface area contributed by atoms with Crippen LogP contribution in [0.15, 0.2) is 24.3 Å². The topological polar surface area (TPSA) is 75.4 Å². The first kappa shape index (κ1) is 18.9. The van der Waals surface area contributed by atoms with E-state index in [2.05, 4.69) is 17.4 Å². The van der Waals surface area contributed by atoms with Crippen LogP contribution >= 0.6 is 0 Å². The second-order valence-corrected chi connectivity index (χ2v) is 8.23. The summed E-state index contributed by atoms with van der Waals surface area (Å²) in [5, 5.41) is 3.19. The molecular formula is C21H31N3O2. The SMILES string of the molecule is CC(C)CC(=O)N1Cc2ccccc2CC1C(=O)NC1CCC(N)CC1. The fourth-order valence-electron chi connectivity index (χ4n) is 4.05. The van der Waals surface area contributed by atoms with Gasteiger partial charge in [-0.05, 0) is 42.7 Å². The molecule has 0 bridgehead atoms. The number of nitrogens with two attached hydrogens (primary N) is 1. The molecule has 2 amide bonds. The van der Waals surface area contributed by atoms with Gasteiger partial charge in [0.1, 0.15) is 6.04 Å². The lowest BCUT2D eigenvalue weighted by molar-refractivity contribution is -0.142. The Balaban J connectivity index is 1.74. The van der Waals surface area contributed by atoms with E-state index >= 15 is 0 Å². The minimum Gasteiger partial charge on any atom is -0.352 e. The fourth-order valence-corrected chi connectivity index (χ4v) is 4.05. The van der Waals surface area contributed by atoms with Crippen molar-refractivity contribution < 1.29 is 9.59 Å². The van der Waals surface area contributed by atoms with Crippen molar-refractivity contribution >= 4 is 11.8 Å². The Labute approximate surface area is 156 Å². The number of hydrogen-bond acceptors (Lipinski definition) is 3. The van der Waals surface area contributed by atoms with E-state index in [9.17, 15) is 9.59 Å². The first-order chi connectivity index (χ1) is 12.4. The number of fused-ring (bicyclic) bond motifs is 1. The van der Waals surface area contributed by atoms with E-state index in [1.54, 1.807) is 4.90 Å². The second-order valence-electron chi connectivity index (χ2n) is 8.23. The van der Waals surface area contributed by atoms with Crippen LogP contribution in [0.5, 0.6) is 0 Å². The lowest BCUT2D eigenvalue weighted by atomic mass is 9.90. The summed E-state index contributed by atoms with van der Waals surface area (Å²) in [5.74, 6) is 0.334. The summed E-state index contributed by atoms with van der Waals surface area (Å²) in [6.07, 6.45) is 4.83. The van der Waals surface area contributed by atoms with E-state index in [1.807, 2.05) is 26.0 Å². The molecule has 1 aromatic carbocycles. The number of rotatable bonds is 4. The van der Waals surface area contributed by atoms with E-state index in [-0.39, 0.29) is 29.8 Å². The van der Waals surface area contributed by atoms with Crippen molar-refractivity contribution in [2.45, 2.75) is 77.0 Å². The molecule has 1 fully saturated rings. The highest BCUT2D eigenvalue weighted by molar-refractivity contribution is 5.88. The van der Waals surface area contributed by atoms with Crippen molar-refractivity contribution in [1.82, 2.24) is 10.2 Å². The van der Waals surface area contributed by atoms with Gasteiger partial charge in [0, 0.05) is 31.5 Å². The smallest absolute Gasteiger partial charge is 0.243 e. The summed E-state index contributed by atoms with van der Waals surface area (Å²) < 4.78 is 0. The molecule has 26 heavy (non-hydrogen) atoms. The molecule has 142 valence electrons. The van der Waals surface area contributed by atoms with Crippen molar-refractivity contribution in [3.63, 3.8) is 0 Å². The normalized spacial score (nSPS) is 25.7. The zero-order valence-corrected chi connectivity index (χ0v) is 15.9. The summed E-state index contributed by atoms with van der Waals surface area (Å²) in [7, 11) is 0. The summed E-state index contributed by atoms with van der Waals surface area (Å²) in [5.41, 5.74) is 8.29. The van der Waals surface area contributed by atoms with Crippen molar-refractivity contribution in [2.24, 2.45) is 11.7 Å². The highest BCUT2D eigenvalue weighted by Crippen LogP contribution is 2.26. The number of hydrogen-bond donors (Lipinski definition) is 2. The van der Waals surface area contributed by atoms with Gasteiger partial charge in [-0.2, -0.15) is 0 Å². The maximum atomic E-state index is 13.0. The third kappa shape index (κ3) is 4.44. The molecule has 1 aliphatic carbocycles. The number of carbonyl (C=O) groups is 2. The Morgan fingerprint density at radius 2 is 1.81 bits per heavy atom. The van der Waals surface area contributed by atoms with Crippen LogP contribution in [-0.2, 0) is 22.6 Å². The molecule has 1 aromatic rings. The van der Waals surface area contributed by atoms with Crippen LogP contribution in [-0.4, -0.2) is 34.8 Å². The van der Waals surface area contributed by atoms with Gasteiger partial charge in [-0.25, -0.2) is 0 Å². The second kappa shape index (κ2) is 8.21. The van der Waals surface area contributed by atoms with E-state index in [0.29, 0.717) is 19.4 Å². The molecule has 1 unspecified atom stereocenters. The minimum atomic E-state index is -0.410. The Morgan fingerprint density at radius 1 is 1.15 bits per heavy atom. The third-order valence-electron chi connectivity index (χ3n) is 5.57. The lowest BCUT2D eigenvalue weighted by Gasteiger charge is -2.38. The summed E-state index contributed by atoms with van der Waals surface area (Å²) in [4.78, 5) is 27.6. The number of benzene rings is 1. The Morgan fingerprint density at radius 3 is 2.46 bits per heavy atom. The maximum Gasteiger partial charge on any atom is 0.243 e. The van der Waals surface area contributed by atoms with E-state index in [1.165, 1.54) is 5.56 Å². The highest BCUT2D eigenvalue weighted by atomic mass is 16.2. The summed E-state index contributed by atoms with van der Waals surface area (Å²) in [6.45, 7) is 4.60. The molecule has 1 saturated carbocycles. The van der Waals surface area contributed by atoms with E-state index < -0.39 is 6.04 Å². The van der Waals surface area contributed by atoms with Gasteiger partial charge in [-0.15, -0.1) is 0 Å². The van der Waals surface area contributed by atoms with Gasteiger partial charge in [-0.1, -0.05) is 38.1 Å². The molecule has 0 spiro atoms. The zero-order valence-electron chi connectivity index (χ0n) is 15.9. The molecule has 1 heterocycles. The van der Waals surface area contributed by atoms with E-state index in [4.69, 9.17) is 5.73 Å². The molecule has 1 atom stereocenters. The molecule has 2 aliphatic rings. The first-order valence-corrected chi connectivity index (χ1v) is 9.86. The predicted octanol–water partition coefficient (Wildman–Crippen LogP) is 2.37. The van der Waals surface area contributed by atoms with Crippen molar-refractivity contribution in [2.75, 3.05) is 0 Å². The molecule has 0 radical (unpaired) electrons. The quantitative estimate of drug-likeness (QED) is 0.869. The number of nitrogens with one attached hydrogen (secondary N) is 1. The van der Waals surface area contributed by atoms with Crippen LogP contribution in [0.3, 0.4) is 0 Å². The number of carbonyl (C=O) groups excluding carboxylic acids is 2. The molecule has 3 N–H and O–H groups in total. The fraction of sp³-hybridized carbons (Fsp3) is 0.619. The Hall–Kier alpha value is -1.88. The van der Waals surface area contributed by atoms with E-state index in [0.717, 1.165) is 31.2 Å². The molecule has 5 nitrogen and oxygen atoms in total. The predicted molar refractivity (Wildman–Crippen MR) is 102 cm³/mol. The molecule has 3 rings (SSSR count). The summed E-state index contributed by atoms with van der Waals surface area (Å²) in [6, 6.07) is 8.15. The van der Waals surface area contributed by atoms with Crippen LogP contribution in [0.4, 0.5) is 0 Å². The van der Waals surface area contributed by atoms with Crippen LogP contribution < -0.4 is 11.1 Å². The van der Waals surface area contributed by atoms with Gasteiger partial charge in [0.25, 0.3) is 0 Å². The largest absolute Gasteiger partial charge is 0.352 e. The van der Waals surface area contributed by atoms with Gasteiger partial charge in [-0.3, -0.25) is 9.59 Å². The summed E-state index contributed by atoms with van der Waals surface area (Å²) >= 11 is 0. The van der Waals surface area contributed by atoms with Gasteiger partial charge < -0.3 is 16.0 Å². The van der Waals surface area contributed by atoms with Crippen molar-refractivity contribution in [3.05, 3.63) is 35.4 Å². The number of amides is 2. The average Bonchev–Trinajstić information content (AvgIpc) is 2.62.